The minimum Gasteiger partial charge on any atom is -0.464 e. The zero-order valence-electron chi connectivity index (χ0n) is 38.3. The number of benzene rings is 1. The van der Waals surface area contributed by atoms with Gasteiger partial charge in [0.2, 0.25) is 5.91 Å². The molecule has 9 rings (SSSR count). The summed E-state index contributed by atoms with van der Waals surface area (Å²) in [6.07, 6.45) is 9.98. The average molecular weight is 867 g/mol. The Labute approximate surface area is 373 Å². The van der Waals surface area contributed by atoms with Crippen LogP contribution in [0.25, 0.3) is 22.2 Å². The molecular weight excluding hydrogens is 797 g/mol. The first-order chi connectivity index (χ1) is 30.5. The summed E-state index contributed by atoms with van der Waals surface area (Å²) in [5.41, 5.74) is 9.44. The van der Waals surface area contributed by atoms with Crippen molar-refractivity contribution in [3.05, 3.63) is 47.8 Å². The normalized spacial score (nSPS) is 28.4. The van der Waals surface area contributed by atoms with E-state index in [2.05, 4.69) is 75.5 Å². The number of amides is 2. The molecule has 6 aliphatic rings. The van der Waals surface area contributed by atoms with Crippen molar-refractivity contribution in [2.75, 3.05) is 71.0 Å². The van der Waals surface area contributed by atoms with Crippen LogP contribution in [0.5, 0.6) is 0 Å². The summed E-state index contributed by atoms with van der Waals surface area (Å²) in [5, 5.41) is 9.65. The van der Waals surface area contributed by atoms with E-state index >= 15 is 0 Å². The van der Waals surface area contributed by atoms with Crippen LogP contribution in [0.2, 0.25) is 0 Å². The molecule has 1 aromatic carbocycles. The molecule has 0 radical (unpaired) electrons. The van der Waals surface area contributed by atoms with Gasteiger partial charge < -0.3 is 34.3 Å². The van der Waals surface area contributed by atoms with Gasteiger partial charge in [-0.3, -0.25) is 29.3 Å². The Morgan fingerprint density at radius 1 is 1.08 bits per heavy atom. The molecule has 14 heteroatoms. The molecule has 2 aromatic heterocycles. The summed E-state index contributed by atoms with van der Waals surface area (Å²) in [6.45, 7) is 15.5. The van der Waals surface area contributed by atoms with E-state index in [1.165, 1.54) is 5.56 Å². The van der Waals surface area contributed by atoms with Gasteiger partial charge in [-0.05, 0) is 119 Å². The molecule has 342 valence electrons. The first-order valence-electron chi connectivity index (χ1n) is 24.0. The number of rotatable bonds is 8. The number of anilines is 1. The number of pyridine rings is 1. The zero-order valence-corrected chi connectivity index (χ0v) is 38.3. The van der Waals surface area contributed by atoms with Gasteiger partial charge in [-0.15, -0.1) is 0 Å². The molecule has 5 fully saturated rings. The van der Waals surface area contributed by atoms with Crippen molar-refractivity contribution in [1.29, 1.82) is 0 Å². The highest BCUT2D eigenvalue weighted by molar-refractivity contribution is 5.95. The lowest BCUT2D eigenvalue weighted by molar-refractivity contribution is -0.156. The summed E-state index contributed by atoms with van der Waals surface area (Å²) in [6, 6.07) is 9.07. The third-order valence-corrected chi connectivity index (χ3v) is 15.2. The molecule has 1 aliphatic carbocycles. The predicted octanol–water partition coefficient (Wildman–Crippen LogP) is 5.38. The number of hydrazine groups is 1. The largest absolute Gasteiger partial charge is 0.464 e. The molecule has 1 saturated carbocycles. The highest BCUT2D eigenvalue weighted by atomic mass is 16.5. The minimum atomic E-state index is -0.838. The number of hydrogen-bond donors (Lipinski definition) is 3. The van der Waals surface area contributed by atoms with Crippen LogP contribution in [0, 0.1) is 16.7 Å². The van der Waals surface area contributed by atoms with E-state index in [1.54, 1.807) is 12.1 Å². The predicted molar refractivity (Wildman–Crippen MR) is 243 cm³/mol. The Balaban J connectivity index is 1.08. The van der Waals surface area contributed by atoms with Crippen LogP contribution in [-0.2, 0) is 41.6 Å². The van der Waals surface area contributed by atoms with Crippen molar-refractivity contribution in [3.8, 4) is 11.3 Å². The van der Waals surface area contributed by atoms with Gasteiger partial charge in [-0.2, -0.15) is 0 Å². The highest BCUT2D eigenvalue weighted by Gasteiger charge is 2.47. The Bertz CT molecular complexity index is 2140. The number of nitrogens with zero attached hydrogens (tertiary/aromatic N) is 5. The van der Waals surface area contributed by atoms with E-state index in [4.69, 9.17) is 19.2 Å². The minimum absolute atomic E-state index is 0.0563. The number of carbonyl (C=O) groups is 3. The number of likely N-dealkylation sites (tertiary alicyclic amines) is 1. The molecular formula is C49H70N8O6. The van der Waals surface area contributed by atoms with Crippen LogP contribution in [0.3, 0.4) is 0 Å². The molecule has 3 aromatic rings. The van der Waals surface area contributed by atoms with Crippen LogP contribution in [0.15, 0.2) is 36.5 Å². The van der Waals surface area contributed by atoms with Crippen LogP contribution in [0.4, 0.5) is 5.69 Å². The van der Waals surface area contributed by atoms with Crippen LogP contribution in [0.1, 0.15) is 103 Å². The number of ether oxygens (including phenoxy) is 3. The third kappa shape index (κ3) is 8.99. The average Bonchev–Trinajstić information content (AvgIpc) is 4.13. The number of carbonyl (C=O) groups excluding carboxylic acids is 3. The Hall–Kier alpha value is -4.08. The summed E-state index contributed by atoms with van der Waals surface area (Å²) in [7, 11) is 1.72. The summed E-state index contributed by atoms with van der Waals surface area (Å²) in [4.78, 5) is 53.3. The molecule has 7 heterocycles. The Kier molecular flexibility index (Phi) is 12.9. The Morgan fingerprint density at radius 2 is 1.92 bits per heavy atom. The summed E-state index contributed by atoms with van der Waals surface area (Å²) < 4.78 is 20.9. The van der Waals surface area contributed by atoms with E-state index < -0.39 is 17.5 Å². The third-order valence-electron chi connectivity index (χ3n) is 15.2. The fourth-order valence-electron chi connectivity index (χ4n) is 11.8. The monoisotopic (exact) mass is 867 g/mol. The maximum Gasteiger partial charge on any atom is 0.324 e. The number of morpholine rings is 1. The topological polar surface area (TPSA) is 143 Å². The van der Waals surface area contributed by atoms with E-state index in [0.717, 1.165) is 105 Å². The SMILES string of the molecule is CCn1c(-c2cccnc2[C@H](C)OC)c2c3cc(ccc31)N1CCO[C@@H](C[C@H](NC(=O)[C@H](C3CCCC3)N3CC[C@]4(CCNC4)C3)C(=O)N3CCC[C@H](N3)C(=O)OCC(C)(C)C2)C1. The van der Waals surface area contributed by atoms with E-state index in [-0.39, 0.29) is 54.0 Å². The van der Waals surface area contributed by atoms with Crippen molar-refractivity contribution >= 4 is 34.4 Å². The van der Waals surface area contributed by atoms with Gasteiger partial charge in [-0.1, -0.05) is 26.7 Å². The lowest BCUT2D eigenvalue weighted by Gasteiger charge is -2.39. The van der Waals surface area contributed by atoms with E-state index in [0.29, 0.717) is 51.9 Å². The van der Waals surface area contributed by atoms with E-state index in [1.807, 2.05) is 19.2 Å². The first-order valence-corrected chi connectivity index (χ1v) is 24.0. The number of cyclic esters (lactones) is 1. The van der Waals surface area contributed by atoms with Gasteiger partial charge in [-0.25, -0.2) is 5.43 Å². The Morgan fingerprint density at radius 3 is 2.70 bits per heavy atom. The van der Waals surface area contributed by atoms with Gasteiger partial charge in [0.25, 0.3) is 5.91 Å². The second-order valence-electron chi connectivity index (χ2n) is 20.2. The number of nitrogens with one attached hydrogen (secondary N) is 3. The maximum absolute atomic E-state index is 14.9. The molecule has 63 heavy (non-hydrogen) atoms. The number of hydrogen-bond acceptors (Lipinski definition) is 11. The standard InChI is InChI=1S/C49H70N8O6/c1-6-56-41-16-15-34-25-37(41)38(44(56)36-13-9-19-51-42(36)32(2)61-5)27-48(3,4)31-63-47(60)39-14-10-21-57(53-39)46(59)40(26-35-28-54(34)23-24-62-35)52-45(58)43(33-11-7-8-12-33)55-22-18-49(30-55)17-20-50-29-49/h9,13,15-16,19,25,32-33,35,39-40,43,50,53H,6-8,10-12,14,17-18,20-24,26-31H2,1-5H3,(H,52,58)/t32-,35-,39-,40-,43-,49-/m0/s1. The number of aromatic nitrogens is 2. The van der Waals surface area contributed by atoms with Gasteiger partial charge in [0.05, 0.1) is 42.9 Å². The maximum atomic E-state index is 14.9. The number of esters is 1. The van der Waals surface area contributed by atoms with Crippen LogP contribution in [-0.4, -0.2) is 128 Å². The van der Waals surface area contributed by atoms with E-state index in [9.17, 15) is 14.4 Å². The summed E-state index contributed by atoms with van der Waals surface area (Å²) >= 11 is 0. The molecule has 5 aliphatic heterocycles. The number of methoxy groups -OCH3 is 1. The van der Waals surface area contributed by atoms with Crippen molar-refractivity contribution in [2.45, 2.75) is 129 Å². The van der Waals surface area contributed by atoms with Gasteiger partial charge in [0, 0.05) is 86.6 Å². The van der Waals surface area contributed by atoms with Crippen LogP contribution >= 0.6 is 0 Å². The van der Waals surface area contributed by atoms with Crippen LogP contribution < -0.4 is 21.0 Å². The fraction of sp³-hybridized carbons (Fsp3) is 0.673. The van der Waals surface area contributed by atoms with Crippen molar-refractivity contribution < 1.29 is 28.6 Å². The van der Waals surface area contributed by atoms with Gasteiger partial charge >= 0.3 is 5.97 Å². The van der Waals surface area contributed by atoms with Crippen molar-refractivity contribution in [1.82, 2.24) is 35.5 Å². The molecule has 1 spiro atoms. The summed E-state index contributed by atoms with van der Waals surface area (Å²) in [5.74, 6) is -0.402. The lowest BCUT2D eigenvalue weighted by Crippen LogP contribution is -2.62. The second-order valence-corrected chi connectivity index (χ2v) is 20.2. The van der Waals surface area contributed by atoms with Gasteiger partial charge in [0.15, 0.2) is 0 Å². The number of fused-ring (bicyclic) bond motifs is 6. The van der Waals surface area contributed by atoms with Crippen molar-refractivity contribution in [3.63, 3.8) is 0 Å². The highest BCUT2D eigenvalue weighted by Crippen LogP contribution is 2.43. The fourth-order valence-corrected chi connectivity index (χ4v) is 11.8. The molecule has 0 unspecified atom stereocenters. The number of aryl methyl sites for hydroxylation is 1. The molecule has 3 N–H and O–H groups in total. The smallest absolute Gasteiger partial charge is 0.324 e. The molecule has 6 bridgehead atoms. The van der Waals surface area contributed by atoms with Gasteiger partial charge in [0.1, 0.15) is 12.1 Å². The second kappa shape index (κ2) is 18.4. The molecule has 6 atom stereocenters. The quantitative estimate of drug-likeness (QED) is 0.252. The molecule has 2 amide bonds. The van der Waals surface area contributed by atoms with Crippen molar-refractivity contribution in [2.24, 2.45) is 16.7 Å². The molecule has 4 saturated heterocycles. The molecule has 14 nitrogen and oxygen atoms in total. The lowest BCUT2D eigenvalue weighted by atomic mass is 9.84. The first kappa shape index (κ1) is 44.1. The zero-order chi connectivity index (χ0) is 43.9.